The summed E-state index contributed by atoms with van der Waals surface area (Å²) in [7, 11) is 1.41. The predicted molar refractivity (Wildman–Crippen MR) is 69.6 cm³/mol. The Morgan fingerprint density at radius 3 is 2.94 bits per heavy atom. The summed E-state index contributed by atoms with van der Waals surface area (Å²) in [6.45, 7) is 3.08. The topological polar surface area (TPSA) is 47.6 Å². The lowest BCUT2D eigenvalue weighted by Crippen LogP contribution is -2.53. The summed E-state index contributed by atoms with van der Waals surface area (Å²) in [4.78, 5) is 12.0. The summed E-state index contributed by atoms with van der Waals surface area (Å²) in [6.07, 6.45) is 1.58. The average molecular weight is 249 g/mol. The Balaban J connectivity index is 2.22. The number of carbonyl (C=O) groups excluding carboxylic acids is 1. The van der Waals surface area contributed by atoms with Crippen LogP contribution in [-0.2, 0) is 14.3 Å². The molecule has 1 aromatic rings. The van der Waals surface area contributed by atoms with Crippen molar-refractivity contribution in [3.8, 4) is 0 Å². The highest BCUT2D eigenvalue weighted by atomic mass is 16.5. The molecule has 1 heterocycles. The van der Waals surface area contributed by atoms with E-state index in [1.54, 1.807) is 0 Å². The largest absolute Gasteiger partial charge is 0.467 e. The van der Waals surface area contributed by atoms with Gasteiger partial charge in [-0.05, 0) is 37.5 Å². The lowest BCUT2D eigenvalue weighted by molar-refractivity contribution is -0.150. The summed E-state index contributed by atoms with van der Waals surface area (Å²) in [6, 6.07) is 7.95. The molecule has 0 amide bonds. The van der Waals surface area contributed by atoms with Crippen molar-refractivity contribution in [3.05, 3.63) is 29.8 Å². The first kappa shape index (κ1) is 12.9. The maximum atomic E-state index is 12.0. The molecule has 1 saturated heterocycles. The van der Waals surface area contributed by atoms with Gasteiger partial charge in [-0.3, -0.25) is 0 Å². The zero-order chi connectivity index (χ0) is 13.0. The molecule has 0 bridgehead atoms. The third-order valence-corrected chi connectivity index (χ3v) is 3.22. The number of ether oxygens (including phenoxy) is 2. The molecular weight excluding hydrogens is 230 g/mol. The zero-order valence-electron chi connectivity index (χ0n) is 10.9. The van der Waals surface area contributed by atoms with Crippen molar-refractivity contribution in [2.75, 3.05) is 25.6 Å². The van der Waals surface area contributed by atoms with Crippen LogP contribution < -0.4 is 5.32 Å². The van der Waals surface area contributed by atoms with Crippen LogP contribution in [0.3, 0.4) is 0 Å². The van der Waals surface area contributed by atoms with E-state index >= 15 is 0 Å². The molecule has 4 nitrogen and oxygen atoms in total. The fourth-order valence-corrected chi connectivity index (χ4v) is 2.30. The number of nitrogens with one attached hydrogen (secondary N) is 1. The fourth-order valence-electron chi connectivity index (χ4n) is 2.30. The van der Waals surface area contributed by atoms with E-state index in [9.17, 15) is 4.79 Å². The second-order valence-corrected chi connectivity index (χ2v) is 4.72. The number of hydrogen-bond donors (Lipinski definition) is 1. The first-order valence-electron chi connectivity index (χ1n) is 6.17. The summed E-state index contributed by atoms with van der Waals surface area (Å²) in [5.74, 6) is -0.260. The van der Waals surface area contributed by atoms with E-state index in [1.165, 1.54) is 7.11 Å². The summed E-state index contributed by atoms with van der Waals surface area (Å²) >= 11 is 0. The normalized spacial score (nSPS) is 23.4. The number of benzene rings is 1. The Hall–Kier alpha value is -1.55. The van der Waals surface area contributed by atoms with E-state index in [0.29, 0.717) is 13.2 Å². The van der Waals surface area contributed by atoms with Crippen LogP contribution in [-0.4, -0.2) is 31.8 Å². The highest BCUT2D eigenvalue weighted by Crippen LogP contribution is 2.26. The molecule has 1 aliphatic rings. The van der Waals surface area contributed by atoms with E-state index in [2.05, 4.69) is 5.32 Å². The molecule has 98 valence electrons. The Kier molecular flexibility index (Phi) is 3.87. The fraction of sp³-hybridized carbons (Fsp3) is 0.500. The molecule has 0 aromatic heterocycles. The molecule has 1 atom stereocenters. The van der Waals surface area contributed by atoms with Gasteiger partial charge in [0.25, 0.3) is 0 Å². The third-order valence-electron chi connectivity index (χ3n) is 3.22. The average Bonchev–Trinajstić information content (AvgIpc) is 2.39. The van der Waals surface area contributed by atoms with Crippen LogP contribution in [0.25, 0.3) is 0 Å². The van der Waals surface area contributed by atoms with Crippen LogP contribution in [0.4, 0.5) is 5.69 Å². The molecule has 2 rings (SSSR count). The Labute approximate surface area is 107 Å². The number of esters is 1. The minimum absolute atomic E-state index is 0.260. The van der Waals surface area contributed by atoms with Gasteiger partial charge in [-0.15, -0.1) is 0 Å². The highest BCUT2D eigenvalue weighted by Gasteiger charge is 2.41. The van der Waals surface area contributed by atoms with Crippen molar-refractivity contribution < 1.29 is 14.3 Å². The van der Waals surface area contributed by atoms with Crippen molar-refractivity contribution in [2.24, 2.45) is 0 Å². The summed E-state index contributed by atoms with van der Waals surface area (Å²) in [5, 5.41) is 3.29. The van der Waals surface area contributed by atoms with Crippen molar-refractivity contribution in [1.82, 2.24) is 0 Å². The first-order chi connectivity index (χ1) is 8.66. The monoisotopic (exact) mass is 249 g/mol. The van der Waals surface area contributed by atoms with Gasteiger partial charge in [0.1, 0.15) is 0 Å². The van der Waals surface area contributed by atoms with E-state index in [0.717, 1.165) is 24.1 Å². The number of anilines is 1. The van der Waals surface area contributed by atoms with Gasteiger partial charge < -0.3 is 14.8 Å². The van der Waals surface area contributed by atoms with Gasteiger partial charge >= 0.3 is 5.97 Å². The first-order valence-corrected chi connectivity index (χ1v) is 6.17. The van der Waals surface area contributed by atoms with E-state index in [4.69, 9.17) is 9.47 Å². The molecule has 0 saturated carbocycles. The van der Waals surface area contributed by atoms with Crippen molar-refractivity contribution in [2.45, 2.75) is 25.3 Å². The molecular formula is C14H19NO3. The molecule has 0 radical (unpaired) electrons. The zero-order valence-corrected chi connectivity index (χ0v) is 10.9. The van der Waals surface area contributed by atoms with Gasteiger partial charge in [0, 0.05) is 12.3 Å². The quantitative estimate of drug-likeness (QED) is 0.834. The predicted octanol–water partition coefficient (Wildman–Crippen LogP) is 2.13. The van der Waals surface area contributed by atoms with Gasteiger partial charge in [0.05, 0.1) is 13.7 Å². The number of rotatable bonds is 3. The van der Waals surface area contributed by atoms with Gasteiger partial charge in [-0.2, -0.15) is 0 Å². The maximum absolute atomic E-state index is 12.0. The van der Waals surface area contributed by atoms with Gasteiger partial charge in [-0.25, -0.2) is 4.79 Å². The van der Waals surface area contributed by atoms with Crippen molar-refractivity contribution >= 4 is 11.7 Å². The number of carbonyl (C=O) groups is 1. The van der Waals surface area contributed by atoms with Crippen LogP contribution in [0.15, 0.2) is 24.3 Å². The lowest BCUT2D eigenvalue weighted by atomic mass is 9.92. The Bertz CT molecular complexity index is 425. The second-order valence-electron chi connectivity index (χ2n) is 4.72. The summed E-state index contributed by atoms with van der Waals surface area (Å²) in [5.41, 5.74) is 1.32. The molecule has 1 N–H and O–H groups in total. The second kappa shape index (κ2) is 5.40. The minimum atomic E-state index is -0.749. The van der Waals surface area contributed by atoms with E-state index in [-0.39, 0.29) is 5.97 Å². The Morgan fingerprint density at radius 2 is 2.33 bits per heavy atom. The van der Waals surface area contributed by atoms with Crippen molar-refractivity contribution in [3.63, 3.8) is 0 Å². The maximum Gasteiger partial charge on any atom is 0.333 e. The number of aryl methyl sites for hydroxylation is 1. The lowest BCUT2D eigenvalue weighted by Gasteiger charge is -2.35. The standard InChI is InChI=1S/C14H19NO3/c1-11-5-3-6-12(9-11)15-14(13(16)17-2)7-4-8-18-10-14/h3,5-6,9,15H,4,7-8,10H2,1-2H3. The molecule has 1 aliphatic heterocycles. The highest BCUT2D eigenvalue weighted by molar-refractivity contribution is 5.85. The summed E-state index contributed by atoms with van der Waals surface area (Å²) < 4.78 is 10.4. The number of methoxy groups -OCH3 is 1. The molecule has 1 aromatic carbocycles. The van der Waals surface area contributed by atoms with Gasteiger partial charge in [0.15, 0.2) is 5.54 Å². The number of hydrogen-bond acceptors (Lipinski definition) is 4. The molecule has 18 heavy (non-hydrogen) atoms. The van der Waals surface area contributed by atoms with Crippen LogP contribution in [0, 0.1) is 6.92 Å². The SMILES string of the molecule is COC(=O)C1(Nc2cccc(C)c2)CCCOC1. The Morgan fingerprint density at radius 1 is 1.50 bits per heavy atom. The van der Waals surface area contributed by atoms with Gasteiger partial charge in [-0.1, -0.05) is 12.1 Å². The van der Waals surface area contributed by atoms with Crippen LogP contribution in [0.1, 0.15) is 18.4 Å². The third kappa shape index (κ3) is 2.64. The molecule has 1 unspecified atom stereocenters. The van der Waals surface area contributed by atoms with Gasteiger partial charge in [0.2, 0.25) is 0 Å². The molecule has 4 heteroatoms. The van der Waals surface area contributed by atoms with Crippen LogP contribution in [0.5, 0.6) is 0 Å². The smallest absolute Gasteiger partial charge is 0.333 e. The molecule has 1 fully saturated rings. The van der Waals surface area contributed by atoms with Crippen LogP contribution in [0.2, 0.25) is 0 Å². The van der Waals surface area contributed by atoms with E-state index in [1.807, 2.05) is 31.2 Å². The van der Waals surface area contributed by atoms with E-state index < -0.39 is 5.54 Å². The molecule has 0 spiro atoms. The molecule has 0 aliphatic carbocycles. The van der Waals surface area contributed by atoms with Crippen LogP contribution >= 0.6 is 0 Å². The minimum Gasteiger partial charge on any atom is -0.467 e. The van der Waals surface area contributed by atoms with Crippen molar-refractivity contribution in [1.29, 1.82) is 0 Å².